The Morgan fingerprint density at radius 2 is 2.21 bits per heavy atom. The molecule has 1 aliphatic heterocycles. The standard InChI is InChI=1S/C11H19N3/c1-8-9(2)13-14(10(8)3)7-11-5-4-6-12-11/h11-12H,4-7H2,1-3H3/t11-/m1/s1. The molecule has 3 nitrogen and oxygen atoms in total. The predicted octanol–water partition coefficient (Wildman–Crippen LogP) is 1.56. The highest BCUT2D eigenvalue weighted by Crippen LogP contribution is 2.14. The van der Waals surface area contributed by atoms with Crippen molar-refractivity contribution in [1.29, 1.82) is 0 Å². The summed E-state index contributed by atoms with van der Waals surface area (Å²) in [4.78, 5) is 0. The zero-order valence-corrected chi connectivity index (χ0v) is 9.30. The predicted molar refractivity (Wildman–Crippen MR) is 57.5 cm³/mol. The Bertz CT molecular complexity index is 322. The molecular weight excluding hydrogens is 174 g/mol. The zero-order chi connectivity index (χ0) is 10.1. The number of hydrogen-bond donors (Lipinski definition) is 1. The molecule has 1 fully saturated rings. The first-order chi connectivity index (χ1) is 6.68. The van der Waals surface area contributed by atoms with Crippen LogP contribution >= 0.6 is 0 Å². The van der Waals surface area contributed by atoms with E-state index in [-0.39, 0.29) is 0 Å². The summed E-state index contributed by atoms with van der Waals surface area (Å²) in [6.07, 6.45) is 2.60. The van der Waals surface area contributed by atoms with Gasteiger partial charge in [-0.15, -0.1) is 0 Å². The van der Waals surface area contributed by atoms with Gasteiger partial charge in [0.1, 0.15) is 0 Å². The van der Waals surface area contributed by atoms with Gasteiger partial charge in [0.05, 0.1) is 12.2 Å². The molecule has 0 amide bonds. The van der Waals surface area contributed by atoms with Crippen molar-refractivity contribution in [2.45, 2.75) is 46.2 Å². The van der Waals surface area contributed by atoms with E-state index in [9.17, 15) is 0 Å². The molecule has 0 radical (unpaired) electrons. The lowest BCUT2D eigenvalue weighted by molar-refractivity contribution is 0.467. The third-order valence-corrected chi connectivity index (χ3v) is 3.30. The van der Waals surface area contributed by atoms with E-state index >= 15 is 0 Å². The Morgan fingerprint density at radius 1 is 1.43 bits per heavy atom. The maximum atomic E-state index is 4.55. The average molecular weight is 193 g/mol. The van der Waals surface area contributed by atoms with Crippen molar-refractivity contribution < 1.29 is 0 Å². The Labute approximate surface area is 85.5 Å². The van der Waals surface area contributed by atoms with E-state index in [0.717, 1.165) is 6.54 Å². The lowest BCUT2D eigenvalue weighted by atomic mass is 10.2. The van der Waals surface area contributed by atoms with Gasteiger partial charge in [0.2, 0.25) is 0 Å². The second kappa shape index (κ2) is 3.73. The van der Waals surface area contributed by atoms with E-state index in [1.807, 2.05) is 0 Å². The van der Waals surface area contributed by atoms with Crippen LogP contribution in [0.2, 0.25) is 0 Å². The molecule has 0 saturated carbocycles. The van der Waals surface area contributed by atoms with Gasteiger partial charge in [0.15, 0.2) is 0 Å². The Kier molecular flexibility index (Phi) is 2.59. The Morgan fingerprint density at radius 3 is 2.71 bits per heavy atom. The molecule has 3 heteroatoms. The molecule has 2 heterocycles. The molecule has 0 unspecified atom stereocenters. The molecule has 14 heavy (non-hydrogen) atoms. The van der Waals surface area contributed by atoms with Crippen LogP contribution in [0.5, 0.6) is 0 Å². The minimum absolute atomic E-state index is 0.632. The monoisotopic (exact) mass is 193 g/mol. The van der Waals surface area contributed by atoms with Crippen molar-refractivity contribution in [3.8, 4) is 0 Å². The van der Waals surface area contributed by atoms with E-state index in [4.69, 9.17) is 0 Å². The van der Waals surface area contributed by atoms with Gasteiger partial charge in [-0.25, -0.2) is 0 Å². The van der Waals surface area contributed by atoms with Crippen LogP contribution in [0.15, 0.2) is 0 Å². The molecule has 0 aromatic carbocycles. The SMILES string of the molecule is Cc1nn(C[C@H]2CCCN2)c(C)c1C. The van der Waals surface area contributed by atoms with E-state index in [1.54, 1.807) is 0 Å². The minimum atomic E-state index is 0.632. The first-order valence-electron chi connectivity index (χ1n) is 5.42. The highest BCUT2D eigenvalue weighted by molar-refractivity contribution is 5.22. The van der Waals surface area contributed by atoms with Gasteiger partial charge >= 0.3 is 0 Å². The number of aromatic nitrogens is 2. The van der Waals surface area contributed by atoms with Gasteiger partial charge in [-0.05, 0) is 45.7 Å². The largest absolute Gasteiger partial charge is 0.312 e. The zero-order valence-electron chi connectivity index (χ0n) is 9.30. The summed E-state index contributed by atoms with van der Waals surface area (Å²) in [5.41, 5.74) is 3.82. The number of rotatable bonds is 2. The normalized spacial score (nSPS) is 21.8. The van der Waals surface area contributed by atoms with Crippen molar-refractivity contribution in [3.63, 3.8) is 0 Å². The molecular formula is C11H19N3. The average Bonchev–Trinajstić information content (AvgIpc) is 2.73. The highest BCUT2D eigenvalue weighted by Gasteiger charge is 2.16. The van der Waals surface area contributed by atoms with Crippen molar-refractivity contribution in [2.75, 3.05) is 6.54 Å². The molecule has 0 bridgehead atoms. The van der Waals surface area contributed by atoms with E-state index in [2.05, 4.69) is 35.9 Å². The van der Waals surface area contributed by atoms with Gasteiger partial charge < -0.3 is 5.32 Å². The number of aryl methyl sites for hydroxylation is 1. The van der Waals surface area contributed by atoms with Crippen molar-refractivity contribution in [1.82, 2.24) is 15.1 Å². The first kappa shape index (κ1) is 9.71. The van der Waals surface area contributed by atoms with Gasteiger partial charge in [-0.2, -0.15) is 5.10 Å². The molecule has 0 spiro atoms. The van der Waals surface area contributed by atoms with Gasteiger partial charge in [0.25, 0.3) is 0 Å². The summed E-state index contributed by atoms with van der Waals surface area (Å²) in [6, 6.07) is 0.632. The minimum Gasteiger partial charge on any atom is -0.312 e. The molecule has 1 saturated heterocycles. The summed E-state index contributed by atoms with van der Waals surface area (Å²) in [5, 5.41) is 8.05. The summed E-state index contributed by atoms with van der Waals surface area (Å²) in [7, 11) is 0. The summed E-state index contributed by atoms with van der Waals surface area (Å²) in [6.45, 7) is 8.59. The third-order valence-electron chi connectivity index (χ3n) is 3.30. The fourth-order valence-electron chi connectivity index (χ4n) is 2.09. The summed E-state index contributed by atoms with van der Waals surface area (Å²) in [5.74, 6) is 0. The van der Waals surface area contributed by atoms with E-state index in [1.165, 1.54) is 36.3 Å². The highest BCUT2D eigenvalue weighted by atomic mass is 15.3. The maximum absolute atomic E-state index is 4.55. The second-order valence-electron chi connectivity index (χ2n) is 4.27. The van der Waals surface area contributed by atoms with Crippen molar-refractivity contribution in [2.24, 2.45) is 0 Å². The number of nitrogens with one attached hydrogen (secondary N) is 1. The van der Waals surface area contributed by atoms with Gasteiger partial charge in [-0.3, -0.25) is 4.68 Å². The third kappa shape index (κ3) is 1.69. The fourth-order valence-corrected chi connectivity index (χ4v) is 2.09. The topological polar surface area (TPSA) is 29.9 Å². The van der Waals surface area contributed by atoms with E-state index in [0.29, 0.717) is 6.04 Å². The quantitative estimate of drug-likeness (QED) is 0.772. The molecule has 1 aliphatic rings. The van der Waals surface area contributed by atoms with Crippen LogP contribution in [-0.2, 0) is 6.54 Å². The Hall–Kier alpha value is -0.830. The first-order valence-corrected chi connectivity index (χ1v) is 5.42. The second-order valence-corrected chi connectivity index (χ2v) is 4.27. The smallest absolute Gasteiger partial charge is 0.0625 e. The van der Waals surface area contributed by atoms with E-state index < -0.39 is 0 Å². The molecule has 0 aliphatic carbocycles. The van der Waals surface area contributed by atoms with Crippen LogP contribution in [0.1, 0.15) is 29.8 Å². The number of nitrogens with zero attached hydrogens (tertiary/aromatic N) is 2. The molecule has 1 aromatic rings. The van der Waals surface area contributed by atoms with Crippen molar-refractivity contribution >= 4 is 0 Å². The Balaban J connectivity index is 2.12. The summed E-state index contributed by atoms with van der Waals surface area (Å²) >= 11 is 0. The fraction of sp³-hybridized carbons (Fsp3) is 0.727. The van der Waals surface area contributed by atoms with Crippen LogP contribution in [0.25, 0.3) is 0 Å². The summed E-state index contributed by atoms with van der Waals surface area (Å²) < 4.78 is 2.15. The molecule has 1 N–H and O–H groups in total. The molecule has 2 rings (SSSR count). The van der Waals surface area contributed by atoms with Crippen LogP contribution in [0.4, 0.5) is 0 Å². The van der Waals surface area contributed by atoms with Crippen LogP contribution < -0.4 is 5.32 Å². The van der Waals surface area contributed by atoms with Gasteiger partial charge in [-0.1, -0.05) is 0 Å². The van der Waals surface area contributed by atoms with Gasteiger partial charge in [0, 0.05) is 11.7 Å². The molecule has 1 atom stereocenters. The molecule has 78 valence electrons. The lowest BCUT2D eigenvalue weighted by Crippen LogP contribution is -2.27. The van der Waals surface area contributed by atoms with Crippen LogP contribution in [0, 0.1) is 20.8 Å². The molecule has 1 aromatic heterocycles. The lowest BCUT2D eigenvalue weighted by Gasteiger charge is -2.11. The van der Waals surface area contributed by atoms with Crippen molar-refractivity contribution in [3.05, 3.63) is 17.0 Å². The number of hydrogen-bond acceptors (Lipinski definition) is 2. The maximum Gasteiger partial charge on any atom is 0.0625 e. The van der Waals surface area contributed by atoms with Crippen LogP contribution in [0.3, 0.4) is 0 Å². The van der Waals surface area contributed by atoms with Crippen LogP contribution in [-0.4, -0.2) is 22.4 Å².